The Morgan fingerprint density at radius 1 is 1.23 bits per heavy atom. The first-order valence-electron chi connectivity index (χ1n) is 8.85. The summed E-state index contributed by atoms with van der Waals surface area (Å²) in [6.07, 6.45) is 1.03. The average Bonchev–Trinajstić information content (AvgIpc) is 3.13. The van der Waals surface area contributed by atoms with Gasteiger partial charge in [0.15, 0.2) is 0 Å². The molecule has 0 aliphatic heterocycles. The molecule has 6 heteroatoms. The molecular weight excluding hydrogens is 326 g/mol. The molecule has 3 aromatic rings. The summed E-state index contributed by atoms with van der Waals surface area (Å²) in [4.78, 5) is 12.5. The van der Waals surface area contributed by atoms with Gasteiger partial charge in [0.1, 0.15) is 0 Å². The topological polar surface area (TPSA) is 75.6 Å². The highest BCUT2D eigenvalue weighted by atomic mass is 16.1. The molecule has 0 aliphatic carbocycles. The van der Waals surface area contributed by atoms with Gasteiger partial charge in [-0.2, -0.15) is 10.2 Å². The van der Waals surface area contributed by atoms with Crippen LogP contribution in [0.2, 0.25) is 0 Å². The van der Waals surface area contributed by atoms with Gasteiger partial charge in [0.05, 0.1) is 23.5 Å². The molecule has 2 aromatic heterocycles. The normalized spacial score (nSPS) is 12.2. The van der Waals surface area contributed by atoms with Crippen LogP contribution in [0, 0.1) is 20.8 Å². The molecule has 2 N–H and O–H groups in total. The zero-order valence-corrected chi connectivity index (χ0v) is 15.7. The highest BCUT2D eigenvalue weighted by Gasteiger charge is 2.17. The Morgan fingerprint density at radius 3 is 2.62 bits per heavy atom. The van der Waals surface area contributed by atoms with E-state index in [0.717, 1.165) is 34.0 Å². The fraction of sp³-hybridized carbons (Fsp3) is 0.350. The van der Waals surface area contributed by atoms with E-state index in [9.17, 15) is 4.79 Å². The molecule has 0 radical (unpaired) electrons. The second-order valence-electron chi connectivity index (χ2n) is 6.79. The number of para-hydroxylation sites is 1. The molecule has 1 aromatic carbocycles. The van der Waals surface area contributed by atoms with Gasteiger partial charge in [0.25, 0.3) is 0 Å². The quantitative estimate of drug-likeness (QED) is 0.717. The Morgan fingerprint density at radius 2 is 1.96 bits per heavy atom. The molecule has 3 rings (SSSR count). The fourth-order valence-electron chi connectivity index (χ4n) is 3.18. The summed E-state index contributed by atoms with van der Waals surface area (Å²) in [7, 11) is 0. The van der Waals surface area contributed by atoms with Gasteiger partial charge in [-0.05, 0) is 45.9 Å². The summed E-state index contributed by atoms with van der Waals surface area (Å²) in [5.74, 6) is 0.00330. The van der Waals surface area contributed by atoms with Crippen LogP contribution in [0.15, 0.2) is 36.4 Å². The smallest absolute Gasteiger partial charge is 0.224 e. The first-order valence-corrected chi connectivity index (χ1v) is 8.85. The molecule has 0 saturated carbocycles. The average molecular weight is 351 g/mol. The monoisotopic (exact) mass is 351 g/mol. The second-order valence-corrected chi connectivity index (χ2v) is 6.79. The number of carbonyl (C=O) groups is 1. The molecule has 2 heterocycles. The van der Waals surface area contributed by atoms with Crippen LogP contribution in [0.3, 0.4) is 0 Å². The number of rotatable bonds is 6. The van der Waals surface area contributed by atoms with Crippen LogP contribution >= 0.6 is 0 Å². The van der Waals surface area contributed by atoms with Crippen LogP contribution in [0.5, 0.6) is 0 Å². The number of nitrogens with one attached hydrogen (secondary N) is 2. The number of H-pyrrole nitrogens is 1. The predicted octanol–water partition coefficient (Wildman–Crippen LogP) is 2.81. The molecule has 1 atom stereocenters. The number of aromatic amines is 1. The van der Waals surface area contributed by atoms with Crippen LogP contribution < -0.4 is 5.32 Å². The van der Waals surface area contributed by atoms with Crippen LogP contribution in [0.1, 0.15) is 35.3 Å². The largest absolute Gasteiger partial charge is 0.353 e. The molecule has 0 unspecified atom stereocenters. The summed E-state index contributed by atoms with van der Waals surface area (Å²) < 4.78 is 1.90. The second kappa shape index (κ2) is 7.56. The van der Waals surface area contributed by atoms with Gasteiger partial charge < -0.3 is 5.32 Å². The number of hydrogen-bond acceptors (Lipinski definition) is 3. The van der Waals surface area contributed by atoms with Crippen molar-refractivity contribution in [3.63, 3.8) is 0 Å². The van der Waals surface area contributed by atoms with E-state index in [4.69, 9.17) is 0 Å². The van der Waals surface area contributed by atoms with E-state index < -0.39 is 0 Å². The number of aromatic nitrogens is 4. The number of amides is 1. The van der Waals surface area contributed by atoms with Crippen molar-refractivity contribution in [2.45, 2.75) is 46.6 Å². The van der Waals surface area contributed by atoms with Crippen LogP contribution in [0.4, 0.5) is 0 Å². The highest BCUT2D eigenvalue weighted by Crippen LogP contribution is 2.18. The minimum atomic E-state index is 0.00330. The number of aryl methyl sites for hydroxylation is 2. The first-order chi connectivity index (χ1) is 12.4. The fourth-order valence-corrected chi connectivity index (χ4v) is 3.18. The number of nitrogens with zero attached hydrogens (tertiary/aromatic N) is 3. The number of carbonyl (C=O) groups excluding carboxylic acids is 1. The summed E-state index contributed by atoms with van der Waals surface area (Å²) in [5, 5.41) is 14.8. The Bertz CT molecular complexity index is 894. The lowest BCUT2D eigenvalue weighted by molar-refractivity contribution is -0.121. The van der Waals surface area contributed by atoms with Crippen molar-refractivity contribution in [3.05, 3.63) is 64.7 Å². The highest BCUT2D eigenvalue weighted by molar-refractivity contribution is 5.79. The van der Waals surface area contributed by atoms with Crippen molar-refractivity contribution in [1.29, 1.82) is 0 Å². The van der Waals surface area contributed by atoms with E-state index in [1.54, 1.807) is 0 Å². The Labute approximate surface area is 153 Å². The summed E-state index contributed by atoms with van der Waals surface area (Å²) in [6.45, 7) is 7.92. The molecule has 0 bridgehead atoms. The van der Waals surface area contributed by atoms with Crippen molar-refractivity contribution in [1.82, 2.24) is 25.3 Å². The third-order valence-corrected chi connectivity index (χ3v) is 4.46. The van der Waals surface area contributed by atoms with Gasteiger partial charge in [-0.15, -0.1) is 0 Å². The molecule has 6 nitrogen and oxygen atoms in total. The van der Waals surface area contributed by atoms with Crippen LogP contribution in [-0.2, 0) is 17.6 Å². The van der Waals surface area contributed by atoms with Gasteiger partial charge in [-0.1, -0.05) is 18.2 Å². The summed E-state index contributed by atoms with van der Waals surface area (Å²) in [6, 6.07) is 12.0. The minimum absolute atomic E-state index is 0.00330. The predicted molar refractivity (Wildman–Crippen MR) is 101 cm³/mol. The lowest BCUT2D eigenvalue weighted by atomic mass is 10.1. The zero-order valence-electron chi connectivity index (χ0n) is 15.7. The molecule has 26 heavy (non-hydrogen) atoms. The van der Waals surface area contributed by atoms with Crippen molar-refractivity contribution in [3.8, 4) is 5.69 Å². The zero-order chi connectivity index (χ0) is 18.7. The van der Waals surface area contributed by atoms with E-state index in [1.165, 1.54) is 0 Å². The van der Waals surface area contributed by atoms with E-state index in [-0.39, 0.29) is 11.9 Å². The SMILES string of the molecule is Cc1cc(C[C@@H](C)NC(=O)Cc2c(C)nn(-c3ccccc3)c2C)n[nH]1. The number of hydrogen-bond donors (Lipinski definition) is 2. The number of benzene rings is 1. The van der Waals surface area contributed by atoms with Crippen LogP contribution in [-0.4, -0.2) is 31.9 Å². The maximum absolute atomic E-state index is 12.5. The maximum atomic E-state index is 12.5. The summed E-state index contributed by atoms with van der Waals surface area (Å²) >= 11 is 0. The Kier molecular flexibility index (Phi) is 5.21. The van der Waals surface area contributed by atoms with Crippen molar-refractivity contribution in [2.24, 2.45) is 0 Å². The van der Waals surface area contributed by atoms with E-state index >= 15 is 0 Å². The standard InChI is InChI=1S/C20H25N5O/c1-13(10-17-11-14(2)22-23-17)21-20(26)12-19-15(3)24-25(16(19)4)18-8-6-5-7-9-18/h5-9,11,13H,10,12H2,1-4H3,(H,21,26)(H,22,23)/t13-/m1/s1. The summed E-state index contributed by atoms with van der Waals surface area (Å²) in [5.41, 5.74) is 5.85. The van der Waals surface area contributed by atoms with E-state index in [1.807, 2.05) is 68.8 Å². The van der Waals surface area contributed by atoms with E-state index in [0.29, 0.717) is 12.8 Å². The van der Waals surface area contributed by atoms with Gasteiger partial charge >= 0.3 is 0 Å². The molecule has 0 fully saturated rings. The van der Waals surface area contributed by atoms with Gasteiger partial charge in [-0.3, -0.25) is 9.89 Å². The lowest BCUT2D eigenvalue weighted by Crippen LogP contribution is -2.35. The molecule has 0 spiro atoms. The van der Waals surface area contributed by atoms with Crippen LogP contribution in [0.25, 0.3) is 5.69 Å². The minimum Gasteiger partial charge on any atom is -0.353 e. The third kappa shape index (κ3) is 4.02. The van der Waals surface area contributed by atoms with Gasteiger partial charge in [-0.25, -0.2) is 4.68 Å². The van der Waals surface area contributed by atoms with Crippen molar-refractivity contribution in [2.75, 3.05) is 0 Å². The van der Waals surface area contributed by atoms with Crippen molar-refractivity contribution >= 4 is 5.91 Å². The molecule has 0 aliphatic rings. The molecular formula is C20H25N5O. The third-order valence-electron chi connectivity index (χ3n) is 4.46. The molecule has 136 valence electrons. The lowest BCUT2D eigenvalue weighted by Gasteiger charge is -2.13. The molecule has 0 saturated heterocycles. The van der Waals surface area contributed by atoms with E-state index in [2.05, 4.69) is 20.6 Å². The van der Waals surface area contributed by atoms with Gasteiger partial charge in [0, 0.05) is 29.4 Å². The Balaban J connectivity index is 1.67. The maximum Gasteiger partial charge on any atom is 0.224 e. The van der Waals surface area contributed by atoms with Crippen molar-refractivity contribution < 1.29 is 4.79 Å². The first kappa shape index (κ1) is 17.9. The Hall–Kier alpha value is -2.89. The van der Waals surface area contributed by atoms with Gasteiger partial charge in [0.2, 0.25) is 5.91 Å². The molecule has 1 amide bonds.